The van der Waals surface area contributed by atoms with Crippen molar-refractivity contribution in [3.05, 3.63) is 16.7 Å². The third-order valence-corrected chi connectivity index (χ3v) is 3.68. The monoisotopic (exact) mass is 346 g/mol. The summed E-state index contributed by atoms with van der Waals surface area (Å²) in [5.74, 6) is -4.34. The van der Waals surface area contributed by atoms with E-state index in [4.69, 9.17) is 15.2 Å². The number of esters is 1. The van der Waals surface area contributed by atoms with Crippen molar-refractivity contribution in [2.45, 2.75) is 44.6 Å². The number of rotatable bonds is 4. The van der Waals surface area contributed by atoms with E-state index in [-0.39, 0.29) is 5.82 Å². The first-order valence-corrected chi connectivity index (χ1v) is 7.15. The minimum absolute atomic E-state index is 0.176. The second-order valence-corrected chi connectivity index (χ2v) is 5.97. The number of nitrogen functional groups attached to an aromatic ring is 1. The molecule has 10 nitrogen and oxygen atoms in total. The third-order valence-electron chi connectivity index (χ3n) is 3.68. The summed E-state index contributed by atoms with van der Waals surface area (Å²) in [4.78, 5) is 26.8. The molecule has 0 bridgehead atoms. The normalized spacial score (nSPS) is 33.0. The van der Waals surface area contributed by atoms with Crippen LogP contribution in [-0.4, -0.2) is 55.6 Å². The summed E-state index contributed by atoms with van der Waals surface area (Å²) >= 11 is 0. The maximum Gasteiger partial charge on any atom is 0.368 e. The van der Waals surface area contributed by atoms with Crippen molar-refractivity contribution in [2.75, 3.05) is 12.3 Å². The molecule has 1 aliphatic heterocycles. The van der Waals surface area contributed by atoms with E-state index in [1.165, 1.54) is 0 Å². The van der Waals surface area contributed by atoms with E-state index in [0.29, 0.717) is 4.68 Å². The van der Waals surface area contributed by atoms with Gasteiger partial charge in [-0.25, -0.2) is 9.18 Å². The van der Waals surface area contributed by atoms with Crippen molar-refractivity contribution in [3.8, 4) is 0 Å². The molecule has 0 radical (unpaired) electrons. The number of hydrogen-bond donors (Lipinski definition) is 3. The zero-order valence-electron chi connectivity index (χ0n) is 13.3. The zero-order chi connectivity index (χ0) is 18.3. The number of aliphatic hydroxyl groups is 2. The van der Waals surface area contributed by atoms with E-state index >= 15 is 0 Å². The molecule has 1 saturated heterocycles. The minimum atomic E-state index is -2.93. The highest BCUT2D eigenvalue weighted by atomic mass is 19.2. The fourth-order valence-electron chi connectivity index (χ4n) is 2.27. The highest BCUT2D eigenvalue weighted by molar-refractivity contribution is 5.71. The van der Waals surface area contributed by atoms with Gasteiger partial charge < -0.3 is 25.4 Å². The first-order chi connectivity index (χ1) is 11.0. The molecule has 2 rings (SSSR count). The number of carbonyl (C=O) groups is 1. The van der Waals surface area contributed by atoms with E-state index in [0.717, 1.165) is 13.1 Å². The molecule has 0 saturated carbocycles. The van der Waals surface area contributed by atoms with Gasteiger partial charge in [-0.15, -0.1) is 0 Å². The van der Waals surface area contributed by atoms with Crippen LogP contribution >= 0.6 is 0 Å². The van der Waals surface area contributed by atoms with Crippen LogP contribution in [0.3, 0.4) is 0 Å². The Labute approximate surface area is 136 Å². The highest BCUT2D eigenvalue weighted by Gasteiger charge is 2.63. The fourth-order valence-corrected chi connectivity index (χ4v) is 2.27. The van der Waals surface area contributed by atoms with Crippen LogP contribution in [0.1, 0.15) is 20.8 Å². The molecule has 0 spiro atoms. The molecule has 1 aromatic rings. The molecule has 0 aliphatic carbocycles. The van der Waals surface area contributed by atoms with Gasteiger partial charge >= 0.3 is 11.7 Å². The average molecular weight is 346 g/mol. The van der Waals surface area contributed by atoms with Gasteiger partial charge in [-0.2, -0.15) is 14.8 Å². The quantitative estimate of drug-likeness (QED) is 0.554. The van der Waals surface area contributed by atoms with Gasteiger partial charge in [0.1, 0.15) is 18.0 Å². The van der Waals surface area contributed by atoms with Gasteiger partial charge in [0.15, 0.2) is 12.3 Å². The molecule has 24 heavy (non-hydrogen) atoms. The molecular weight excluding hydrogens is 327 g/mol. The van der Waals surface area contributed by atoms with Crippen LogP contribution in [0.25, 0.3) is 0 Å². The van der Waals surface area contributed by atoms with E-state index in [1.807, 2.05) is 0 Å². The van der Waals surface area contributed by atoms with E-state index in [9.17, 15) is 24.2 Å². The van der Waals surface area contributed by atoms with Gasteiger partial charge in [0.2, 0.25) is 0 Å². The molecular formula is C13H19FN4O6. The van der Waals surface area contributed by atoms with Crippen LogP contribution in [0.5, 0.6) is 0 Å². The van der Waals surface area contributed by atoms with Crippen LogP contribution < -0.4 is 11.4 Å². The van der Waals surface area contributed by atoms with Crippen molar-refractivity contribution in [1.82, 2.24) is 14.8 Å². The number of ether oxygens (including phenoxy) is 2. The lowest BCUT2D eigenvalue weighted by Gasteiger charge is -2.28. The van der Waals surface area contributed by atoms with Gasteiger partial charge in [-0.1, -0.05) is 13.8 Å². The summed E-state index contributed by atoms with van der Waals surface area (Å²) < 4.78 is 25.2. The summed E-state index contributed by atoms with van der Waals surface area (Å²) in [7, 11) is 0. The SMILES string of the molecule is CC(C)C(=O)OC[C@@]1(F)O[C@@](C)(n2ncc(N)nc2=O)[C@H](O)[C@@H]1O. The second-order valence-electron chi connectivity index (χ2n) is 5.97. The van der Waals surface area contributed by atoms with E-state index in [2.05, 4.69) is 10.1 Å². The first-order valence-electron chi connectivity index (χ1n) is 7.15. The van der Waals surface area contributed by atoms with Crippen LogP contribution in [0.2, 0.25) is 0 Å². The summed E-state index contributed by atoms with van der Waals surface area (Å²) in [6.45, 7) is 3.26. The lowest BCUT2D eigenvalue weighted by atomic mass is 10.0. The Balaban J connectivity index is 2.31. The molecule has 0 aromatic carbocycles. The van der Waals surface area contributed by atoms with Gasteiger partial charge in [-0.05, 0) is 6.92 Å². The summed E-state index contributed by atoms with van der Waals surface area (Å²) in [6.07, 6.45) is -2.96. The molecule has 2 heterocycles. The smallest absolute Gasteiger partial charge is 0.368 e. The molecule has 11 heteroatoms. The molecule has 134 valence electrons. The number of carbonyl (C=O) groups excluding carboxylic acids is 1. The Morgan fingerprint density at radius 1 is 1.54 bits per heavy atom. The topological polar surface area (TPSA) is 150 Å². The number of nitrogens with two attached hydrogens (primary N) is 1. The standard InChI is InChI=1S/C13H19FN4O6/c1-6(2)10(21)23-5-13(14)9(20)8(19)12(3,24-13)18-11(22)17-7(15)4-16-18/h4,6,8-9,19-20H,5H2,1-3H3,(H2,15,17,22)/t8-,9+,12-,13-/m1/s1. The lowest BCUT2D eigenvalue weighted by molar-refractivity contribution is -0.248. The molecule has 0 amide bonds. The van der Waals surface area contributed by atoms with Crippen LogP contribution in [-0.2, 0) is 20.0 Å². The number of alkyl halides is 1. The number of hydrogen-bond acceptors (Lipinski definition) is 9. The van der Waals surface area contributed by atoms with Crippen molar-refractivity contribution >= 4 is 11.8 Å². The lowest BCUT2D eigenvalue weighted by Crippen LogP contribution is -2.49. The fraction of sp³-hybridized carbons (Fsp3) is 0.692. The number of halogens is 1. The van der Waals surface area contributed by atoms with Crippen molar-refractivity contribution in [3.63, 3.8) is 0 Å². The first kappa shape index (κ1) is 18.2. The summed E-state index contributed by atoms with van der Waals surface area (Å²) in [5, 5.41) is 23.8. The predicted molar refractivity (Wildman–Crippen MR) is 77.1 cm³/mol. The van der Waals surface area contributed by atoms with Gasteiger partial charge in [0.05, 0.1) is 12.1 Å². The average Bonchev–Trinajstić information content (AvgIpc) is 2.66. The summed E-state index contributed by atoms with van der Waals surface area (Å²) in [5.41, 5.74) is 2.24. The molecule has 1 fully saturated rings. The molecule has 4 N–H and O–H groups in total. The van der Waals surface area contributed by atoms with Crippen LogP contribution in [0.4, 0.5) is 10.2 Å². The Kier molecular flexibility index (Phi) is 4.61. The molecule has 1 aliphatic rings. The third kappa shape index (κ3) is 2.97. The summed E-state index contributed by atoms with van der Waals surface area (Å²) in [6, 6.07) is 0. The second kappa shape index (κ2) is 6.07. The maximum atomic E-state index is 14.9. The number of anilines is 1. The Morgan fingerprint density at radius 3 is 2.71 bits per heavy atom. The van der Waals surface area contributed by atoms with Crippen molar-refractivity contribution < 1.29 is 28.9 Å². The Morgan fingerprint density at radius 2 is 2.17 bits per heavy atom. The Bertz CT molecular complexity index is 697. The number of aliphatic hydroxyl groups excluding tert-OH is 2. The van der Waals surface area contributed by atoms with Crippen LogP contribution in [0, 0.1) is 5.92 Å². The molecule has 0 unspecified atom stereocenters. The van der Waals surface area contributed by atoms with Gasteiger partial charge in [0, 0.05) is 0 Å². The minimum Gasteiger partial charge on any atom is -0.459 e. The van der Waals surface area contributed by atoms with E-state index in [1.54, 1.807) is 13.8 Å². The van der Waals surface area contributed by atoms with E-state index < -0.39 is 48.0 Å². The Hall–Kier alpha value is -2.11. The number of aromatic nitrogens is 3. The maximum absolute atomic E-state index is 14.9. The highest BCUT2D eigenvalue weighted by Crippen LogP contribution is 2.41. The number of nitrogens with zero attached hydrogens (tertiary/aromatic N) is 3. The molecule has 4 atom stereocenters. The van der Waals surface area contributed by atoms with Gasteiger partial charge in [0.25, 0.3) is 5.85 Å². The van der Waals surface area contributed by atoms with Crippen LogP contribution in [0.15, 0.2) is 11.0 Å². The largest absolute Gasteiger partial charge is 0.459 e. The van der Waals surface area contributed by atoms with Crippen molar-refractivity contribution in [2.24, 2.45) is 5.92 Å². The molecule has 1 aromatic heterocycles. The van der Waals surface area contributed by atoms with Gasteiger partial charge in [-0.3, -0.25) is 4.79 Å². The predicted octanol–water partition coefficient (Wildman–Crippen LogP) is -1.49. The zero-order valence-corrected chi connectivity index (χ0v) is 13.3. The van der Waals surface area contributed by atoms with Crippen molar-refractivity contribution in [1.29, 1.82) is 0 Å².